The third kappa shape index (κ3) is 4.12. The lowest BCUT2D eigenvalue weighted by Crippen LogP contribution is -2.22. The van der Waals surface area contributed by atoms with Crippen LogP contribution in [0.1, 0.15) is 19.9 Å². The first-order chi connectivity index (χ1) is 9.97. The summed E-state index contributed by atoms with van der Waals surface area (Å²) < 4.78 is 7.09. The number of hydrogen-bond donors (Lipinski definition) is 1. The largest absolute Gasteiger partial charge is 0.484 e. The molecule has 0 radical (unpaired) electrons. The number of amides is 1. The molecule has 0 fully saturated rings. The average molecular weight is 328 g/mol. The molecule has 1 heterocycles. The Balaban J connectivity index is 1.93. The Morgan fingerprint density at radius 2 is 2.10 bits per heavy atom. The molecule has 5 nitrogen and oxygen atoms in total. The lowest BCUT2D eigenvalue weighted by Gasteiger charge is -2.12. The zero-order valence-electron chi connectivity index (χ0n) is 11.6. The van der Waals surface area contributed by atoms with Crippen molar-refractivity contribution in [2.24, 2.45) is 0 Å². The van der Waals surface area contributed by atoms with Gasteiger partial charge in [0, 0.05) is 18.2 Å². The molecule has 2 rings (SSSR count). The van der Waals surface area contributed by atoms with Crippen LogP contribution in [0.4, 0.5) is 5.82 Å². The Labute approximate surface area is 132 Å². The van der Waals surface area contributed by atoms with Crippen LogP contribution in [0.5, 0.6) is 5.75 Å². The molecular weight excluding hydrogens is 313 g/mol. The van der Waals surface area contributed by atoms with Crippen molar-refractivity contribution in [1.29, 1.82) is 0 Å². The molecule has 1 amide bonds. The Morgan fingerprint density at radius 3 is 2.76 bits per heavy atom. The number of nitrogens with zero attached hydrogens (tertiary/aromatic N) is 2. The predicted octanol–water partition coefficient (Wildman–Crippen LogP) is 3.79. The number of aromatic nitrogens is 2. The van der Waals surface area contributed by atoms with Crippen molar-refractivity contribution < 1.29 is 9.53 Å². The second kappa shape index (κ2) is 6.83. The van der Waals surface area contributed by atoms with Gasteiger partial charge in [0.15, 0.2) is 6.61 Å². The molecular formula is C14H15Cl2N3O2. The van der Waals surface area contributed by atoms with Crippen LogP contribution in [-0.4, -0.2) is 22.3 Å². The minimum absolute atomic E-state index is 0.124. The van der Waals surface area contributed by atoms with E-state index in [9.17, 15) is 4.79 Å². The Hall–Kier alpha value is -1.72. The summed E-state index contributed by atoms with van der Waals surface area (Å²) in [6.45, 7) is 3.84. The van der Waals surface area contributed by atoms with Gasteiger partial charge in [0.2, 0.25) is 0 Å². The van der Waals surface area contributed by atoms with Gasteiger partial charge in [0.05, 0.1) is 16.2 Å². The van der Waals surface area contributed by atoms with Crippen LogP contribution < -0.4 is 10.1 Å². The molecule has 1 N–H and O–H groups in total. The van der Waals surface area contributed by atoms with E-state index in [1.807, 2.05) is 13.8 Å². The number of halogens is 2. The first-order valence-corrected chi connectivity index (χ1v) is 7.14. The smallest absolute Gasteiger partial charge is 0.263 e. The van der Waals surface area contributed by atoms with Gasteiger partial charge in [-0.25, -0.2) is 4.68 Å². The molecule has 0 bridgehead atoms. The van der Waals surface area contributed by atoms with Gasteiger partial charge in [-0.2, -0.15) is 5.10 Å². The molecule has 1 aromatic heterocycles. The van der Waals surface area contributed by atoms with E-state index in [1.54, 1.807) is 35.1 Å². The summed E-state index contributed by atoms with van der Waals surface area (Å²) in [5, 5.41) is 7.70. The van der Waals surface area contributed by atoms with E-state index in [0.717, 1.165) is 0 Å². The van der Waals surface area contributed by atoms with Crippen molar-refractivity contribution in [2.75, 3.05) is 11.9 Å². The molecule has 0 atom stereocenters. The van der Waals surface area contributed by atoms with Crippen molar-refractivity contribution >= 4 is 34.9 Å². The van der Waals surface area contributed by atoms with Crippen molar-refractivity contribution in [1.82, 2.24) is 9.78 Å². The number of carbonyl (C=O) groups is 1. The summed E-state index contributed by atoms with van der Waals surface area (Å²) in [6.07, 6.45) is 1.63. The maximum Gasteiger partial charge on any atom is 0.263 e. The molecule has 112 valence electrons. The first kappa shape index (κ1) is 15.7. The van der Waals surface area contributed by atoms with Gasteiger partial charge in [-0.15, -0.1) is 0 Å². The van der Waals surface area contributed by atoms with E-state index in [0.29, 0.717) is 21.6 Å². The van der Waals surface area contributed by atoms with Gasteiger partial charge in [0.25, 0.3) is 5.91 Å². The third-order valence-electron chi connectivity index (χ3n) is 2.69. The van der Waals surface area contributed by atoms with Gasteiger partial charge in [-0.3, -0.25) is 4.79 Å². The van der Waals surface area contributed by atoms with Gasteiger partial charge in [-0.05, 0) is 26.0 Å². The molecule has 7 heteroatoms. The summed E-state index contributed by atoms with van der Waals surface area (Å²) >= 11 is 11.7. The fourth-order valence-electron chi connectivity index (χ4n) is 1.72. The summed E-state index contributed by atoms with van der Waals surface area (Å²) in [5.74, 6) is 0.841. The second-order valence-electron chi connectivity index (χ2n) is 4.67. The molecule has 0 saturated heterocycles. The molecule has 21 heavy (non-hydrogen) atoms. The Morgan fingerprint density at radius 1 is 1.33 bits per heavy atom. The van der Waals surface area contributed by atoms with Crippen LogP contribution >= 0.6 is 23.2 Å². The highest BCUT2D eigenvalue weighted by atomic mass is 35.5. The first-order valence-electron chi connectivity index (χ1n) is 6.38. The molecule has 0 saturated carbocycles. The summed E-state index contributed by atoms with van der Waals surface area (Å²) in [4.78, 5) is 11.9. The average Bonchev–Trinajstić information content (AvgIpc) is 2.88. The molecule has 0 spiro atoms. The lowest BCUT2D eigenvalue weighted by atomic mass is 10.3. The van der Waals surface area contributed by atoms with Crippen molar-refractivity contribution in [3.8, 4) is 5.75 Å². The van der Waals surface area contributed by atoms with Crippen LogP contribution in [-0.2, 0) is 4.79 Å². The zero-order valence-corrected chi connectivity index (χ0v) is 13.1. The van der Waals surface area contributed by atoms with E-state index in [4.69, 9.17) is 27.9 Å². The molecule has 1 aromatic carbocycles. The van der Waals surface area contributed by atoms with Crippen LogP contribution in [0.3, 0.4) is 0 Å². The van der Waals surface area contributed by atoms with Gasteiger partial charge < -0.3 is 10.1 Å². The second-order valence-corrected chi connectivity index (χ2v) is 5.48. The molecule has 0 aliphatic rings. The number of hydrogen-bond acceptors (Lipinski definition) is 3. The van der Waals surface area contributed by atoms with Gasteiger partial charge in [-0.1, -0.05) is 23.2 Å². The van der Waals surface area contributed by atoms with Crippen LogP contribution in [0, 0.1) is 0 Å². The number of benzene rings is 1. The summed E-state index contributed by atoms with van der Waals surface area (Å²) in [5.41, 5.74) is 0. The van der Waals surface area contributed by atoms with E-state index in [2.05, 4.69) is 10.4 Å². The van der Waals surface area contributed by atoms with Crippen LogP contribution in [0.25, 0.3) is 0 Å². The normalized spacial score (nSPS) is 10.7. The lowest BCUT2D eigenvalue weighted by molar-refractivity contribution is -0.118. The topological polar surface area (TPSA) is 56.2 Å². The van der Waals surface area contributed by atoms with Crippen molar-refractivity contribution in [3.05, 3.63) is 40.5 Å². The third-order valence-corrected chi connectivity index (χ3v) is 3.43. The Kier molecular flexibility index (Phi) is 5.09. The predicted molar refractivity (Wildman–Crippen MR) is 83.2 cm³/mol. The van der Waals surface area contributed by atoms with Crippen molar-refractivity contribution in [2.45, 2.75) is 19.9 Å². The highest BCUT2D eigenvalue weighted by Gasteiger charge is 2.10. The molecule has 0 aliphatic carbocycles. The van der Waals surface area contributed by atoms with Crippen molar-refractivity contribution in [3.63, 3.8) is 0 Å². The fraction of sp³-hybridized carbons (Fsp3) is 0.286. The summed E-state index contributed by atoms with van der Waals surface area (Å²) in [7, 11) is 0. The number of ether oxygens (including phenoxy) is 1. The van der Waals surface area contributed by atoms with E-state index in [1.165, 1.54) is 0 Å². The van der Waals surface area contributed by atoms with Crippen LogP contribution in [0.15, 0.2) is 30.5 Å². The maximum atomic E-state index is 11.9. The maximum absolute atomic E-state index is 11.9. The number of carbonyl (C=O) groups excluding carboxylic acids is 1. The molecule has 0 unspecified atom stereocenters. The number of anilines is 1. The quantitative estimate of drug-likeness (QED) is 0.908. The Bertz CT molecular complexity index is 641. The SMILES string of the molecule is CC(C)n1nccc1NC(=O)COc1ccc(Cl)c(Cl)c1. The monoisotopic (exact) mass is 327 g/mol. The highest BCUT2D eigenvalue weighted by Crippen LogP contribution is 2.26. The van der Waals surface area contributed by atoms with Gasteiger partial charge >= 0.3 is 0 Å². The number of nitrogens with one attached hydrogen (secondary N) is 1. The summed E-state index contributed by atoms with van der Waals surface area (Å²) in [6, 6.07) is 6.73. The molecule has 2 aromatic rings. The minimum atomic E-state index is -0.275. The fourth-order valence-corrected chi connectivity index (χ4v) is 2.01. The molecule has 0 aliphatic heterocycles. The highest BCUT2D eigenvalue weighted by molar-refractivity contribution is 6.42. The minimum Gasteiger partial charge on any atom is -0.484 e. The standard InChI is InChI=1S/C14H15Cl2N3O2/c1-9(2)19-13(5-6-17-19)18-14(20)8-21-10-3-4-11(15)12(16)7-10/h3-7,9H,8H2,1-2H3,(H,18,20). The van der Waals surface area contributed by atoms with E-state index in [-0.39, 0.29) is 18.6 Å². The van der Waals surface area contributed by atoms with E-state index >= 15 is 0 Å². The van der Waals surface area contributed by atoms with Gasteiger partial charge in [0.1, 0.15) is 11.6 Å². The van der Waals surface area contributed by atoms with E-state index < -0.39 is 0 Å². The zero-order chi connectivity index (χ0) is 15.4. The van der Waals surface area contributed by atoms with Crippen LogP contribution in [0.2, 0.25) is 10.0 Å². The number of rotatable bonds is 5.